The average molecular weight is 923 g/mol. The normalized spacial score (nSPS) is 12.7. The summed E-state index contributed by atoms with van der Waals surface area (Å²) in [5, 5.41) is 0. The van der Waals surface area contributed by atoms with Crippen molar-refractivity contribution in [2.45, 2.75) is 85.1 Å². The van der Waals surface area contributed by atoms with E-state index >= 15 is 0 Å². The van der Waals surface area contributed by atoms with E-state index in [1.165, 1.54) is 11.1 Å². The molecule has 0 saturated heterocycles. The van der Waals surface area contributed by atoms with Gasteiger partial charge in [0.2, 0.25) is 0 Å². The van der Waals surface area contributed by atoms with E-state index in [4.69, 9.17) is 8.42 Å². The Morgan fingerprint density at radius 2 is 0.545 bits per heavy atom. The van der Waals surface area contributed by atoms with Crippen LogP contribution < -0.4 is 0 Å². The smallest absolute Gasteiger partial charge is 0.317 e. The molecular weight excluding hydrogens is 857 g/mol. The Kier molecular flexibility index (Phi) is 48.1. The van der Waals surface area contributed by atoms with Crippen LogP contribution in [0.5, 0.6) is 0 Å². The maximum atomic E-state index is 11.8. The highest BCUT2D eigenvalue weighted by atomic mass is 32.4. The van der Waals surface area contributed by atoms with Crippen molar-refractivity contribution >= 4 is 40.9 Å². The lowest BCUT2D eigenvalue weighted by Crippen LogP contribution is -2.22. The Balaban J connectivity index is -0.0000000609. The van der Waals surface area contributed by atoms with Gasteiger partial charge in [0, 0.05) is 0 Å². The molecule has 55 heavy (non-hydrogen) atoms. The number of rotatable bonds is 11. The van der Waals surface area contributed by atoms with Crippen molar-refractivity contribution in [2.24, 2.45) is 0 Å². The predicted molar refractivity (Wildman–Crippen MR) is 211 cm³/mol. The minimum absolute atomic E-state index is 0. The highest BCUT2D eigenvalue weighted by Crippen LogP contribution is 2.31. The number of benzene rings is 2. The average Bonchev–Trinajstić information content (AvgIpc) is 2.97. The van der Waals surface area contributed by atoms with Crippen LogP contribution in [0.4, 0.5) is 46.6 Å². The van der Waals surface area contributed by atoms with Crippen molar-refractivity contribution in [3.8, 4) is 11.1 Å². The molecule has 0 unspecified atom stereocenters. The van der Waals surface area contributed by atoms with E-state index in [-0.39, 0.29) is 42.2 Å². The standard InChI is InChI=1S/C12H10.C5H10F6O6S2.4C2H6.2CH3F3OS.4CH4/c1-3-7-11(8-4-1)12-9-5-2-6-10-12;6-18(7,8,12)4-16-2-14-1-15-3-17-5-19(9,10,11)13;4*1-2;2*1-6(2,3,4)5;;;;/h1-10H;1-5H2;4*1-2H3;2*1H3;4*1H4. The summed E-state index contributed by atoms with van der Waals surface area (Å²) >= 11 is 0. The van der Waals surface area contributed by atoms with Gasteiger partial charge in [0.25, 0.3) is 20.4 Å². The second-order valence-electron chi connectivity index (χ2n) is 7.74. The maximum Gasteiger partial charge on any atom is 0.317 e. The van der Waals surface area contributed by atoms with Crippen LogP contribution in [0.25, 0.3) is 11.1 Å². The zero-order valence-corrected chi connectivity index (χ0v) is 33.0. The lowest BCUT2D eigenvalue weighted by Gasteiger charge is -2.15. The fourth-order valence-corrected chi connectivity index (χ4v) is 2.48. The van der Waals surface area contributed by atoms with Crippen LogP contribution in [0.1, 0.15) is 85.1 Å². The number of ether oxygens (including phenoxy) is 4. The van der Waals surface area contributed by atoms with Crippen LogP contribution in [-0.2, 0) is 59.8 Å². The van der Waals surface area contributed by atoms with Gasteiger partial charge in [-0.15, -0.1) is 23.3 Å². The lowest BCUT2D eigenvalue weighted by molar-refractivity contribution is -0.162. The SMILES string of the molecule is C.C.C.C.CC.CC.CC.CC.CS(=O)(F)(F)F.CS(=O)(F)(F)F.O=S(F)(F)(F)COCOCOCOCS(=O)(F)(F)F.c1ccc(-c2ccccc2)cc1. The minimum Gasteiger partial charge on any atom is -0.336 e. The predicted octanol–water partition coefficient (Wildman–Crippen LogP) is 14.0. The largest absolute Gasteiger partial charge is 0.336 e. The lowest BCUT2D eigenvalue weighted by atomic mass is 10.1. The molecule has 0 heterocycles. The molecule has 0 atom stereocenters. The van der Waals surface area contributed by atoms with Crippen molar-refractivity contribution in [2.75, 3.05) is 44.8 Å². The molecule has 0 radical (unpaired) electrons. The summed E-state index contributed by atoms with van der Waals surface area (Å²) in [6.07, 6.45) is -0.478. The zero-order chi connectivity index (χ0) is 42.4. The van der Waals surface area contributed by atoms with Gasteiger partial charge in [0.15, 0.2) is 32.3 Å². The van der Waals surface area contributed by atoms with Gasteiger partial charge < -0.3 is 18.9 Å². The highest BCUT2D eigenvalue weighted by molar-refractivity contribution is 8.07. The monoisotopic (exact) mass is 922 g/mol. The van der Waals surface area contributed by atoms with Gasteiger partial charge in [-0.2, -0.15) is 16.8 Å². The first-order valence-electron chi connectivity index (χ1n) is 14.3. The quantitative estimate of drug-likeness (QED) is 0.0950. The van der Waals surface area contributed by atoms with E-state index in [1.807, 2.05) is 67.5 Å². The summed E-state index contributed by atoms with van der Waals surface area (Å²) in [6, 6.07) is 20.8. The van der Waals surface area contributed by atoms with Crippen LogP contribution in [0.2, 0.25) is 0 Å². The van der Waals surface area contributed by atoms with Gasteiger partial charge in [-0.1, -0.05) is 169 Å². The van der Waals surface area contributed by atoms with Crippen LogP contribution in [0, 0.1) is 0 Å². The van der Waals surface area contributed by atoms with Gasteiger partial charge in [0.1, 0.15) is 0 Å². The van der Waals surface area contributed by atoms with Gasteiger partial charge in [0.05, 0.1) is 12.5 Å². The Labute approximate surface area is 324 Å². The van der Waals surface area contributed by atoms with E-state index < -0.39 is 73.2 Å². The third-order valence-corrected chi connectivity index (χ3v) is 3.97. The van der Waals surface area contributed by atoms with Crippen LogP contribution in [0.3, 0.4) is 0 Å². The molecule has 8 nitrogen and oxygen atoms in total. The molecule has 0 spiro atoms. The first kappa shape index (κ1) is 77.5. The van der Waals surface area contributed by atoms with E-state index in [1.54, 1.807) is 0 Å². The zero-order valence-electron chi connectivity index (χ0n) is 29.7. The number of hydrogen-bond donors (Lipinski definition) is 0. The fourth-order valence-electron chi connectivity index (χ4n) is 1.83. The molecule has 0 amide bonds. The summed E-state index contributed by atoms with van der Waals surface area (Å²) in [6.45, 7) is 13.4. The highest BCUT2D eigenvalue weighted by Gasteiger charge is 2.35. The molecule has 0 bridgehead atoms. The van der Waals surface area contributed by atoms with Gasteiger partial charge in [-0.3, -0.25) is 0 Å². The molecule has 0 aliphatic rings. The molecule has 2 rings (SSSR count). The summed E-state index contributed by atoms with van der Waals surface area (Å²) in [7, 11) is -27.7. The molecule has 2 aromatic carbocycles. The minimum atomic E-state index is -7.27. The summed E-state index contributed by atoms with van der Waals surface area (Å²) in [5.74, 6) is -3.99. The van der Waals surface area contributed by atoms with Crippen LogP contribution in [-0.4, -0.2) is 61.6 Å². The van der Waals surface area contributed by atoms with E-state index in [9.17, 15) is 55.0 Å². The second kappa shape index (κ2) is 34.1. The molecule has 0 aromatic heterocycles. The molecular formula is C31H66F12O8S4. The molecule has 0 N–H and O–H groups in total. The Hall–Kier alpha value is -1.96. The van der Waals surface area contributed by atoms with E-state index in [2.05, 4.69) is 67.5 Å². The summed E-state index contributed by atoms with van der Waals surface area (Å²) in [5.41, 5.74) is 2.55. The van der Waals surface area contributed by atoms with Crippen molar-refractivity contribution < 1.29 is 82.4 Å². The molecule has 0 aliphatic heterocycles. The van der Waals surface area contributed by atoms with Crippen molar-refractivity contribution in [1.82, 2.24) is 0 Å². The summed E-state index contributed by atoms with van der Waals surface area (Å²) in [4.78, 5) is 0. The molecule has 0 saturated carbocycles. The number of halogens is 12. The fraction of sp³-hybridized carbons (Fsp3) is 0.613. The molecule has 2 aromatic rings. The van der Waals surface area contributed by atoms with Gasteiger partial charge in [-0.25, -0.2) is 0 Å². The van der Waals surface area contributed by atoms with E-state index in [0.717, 1.165) is 0 Å². The first-order valence-corrected chi connectivity index (χ1v) is 22.1. The topological polar surface area (TPSA) is 105 Å². The Bertz CT molecular complexity index is 1230. The van der Waals surface area contributed by atoms with Crippen molar-refractivity contribution in [1.29, 1.82) is 0 Å². The van der Waals surface area contributed by atoms with Crippen LogP contribution >= 0.6 is 0 Å². The Morgan fingerprint density at radius 3 is 0.709 bits per heavy atom. The van der Waals surface area contributed by atoms with Gasteiger partial charge in [-0.05, 0) is 11.1 Å². The summed E-state index contributed by atoms with van der Waals surface area (Å²) < 4.78 is 187. The molecule has 0 fully saturated rings. The van der Waals surface area contributed by atoms with Crippen molar-refractivity contribution in [3.05, 3.63) is 60.7 Å². The Morgan fingerprint density at radius 1 is 0.382 bits per heavy atom. The third kappa shape index (κ3) is 112. The van der Waals surface area contributed by atoms with E-state index in [0.29, 0.717) is 0 Å². The maximum absolute atomic E-state index is 11.8. The second-order valence-corrected chi connectivity index (χ2v) is 15.4. The van der Waals surface area contributed by atoms with Crippen LogP contribution in [0.15, 0.2) is 60.7 Å². The van der Waals surface area contributed by atoms with Gasteiger partial charge >= 0.3 is 20.4 Å². The molecule has 0 aliphatic carbocycles. The number of hydrogen-bond acceptors (Lipinski definition) is 8. The first-order chi connectivity index (χ1) is 22.6. The molecule has 346 valence electrons. The molecule has 24 heteroatoms. The van der Waals surface area contributed by atoms with Crippen molar-refractivity contribution in [3.63, 3.8) is 0 Å². The third-order valence-electron chi connectivity index (χ3n) is 2.91.